The molecule has 0 fully saturated rings. The normalized spacial score (nSPS) is 25.0. The number of allylic oxidation sites excluding steroid dienone is 1. The Morgan fingerprint density at radius 3 is 2.67 bits per heavy atom. The molecule has 0 radical (unpaired) electrons. The van der Waals surface area contributed by atoms with Crippen LogP contribution in [-0.4, -0.2) is 25.5 Å². The number of hydrogen-bond acceptors (Lipinski definition) is 6. The van der Waals surface area contributed by atoms with E-state index in [1.54, 1.807) is 42.7 Å². The van der Waals surface area contributed by atoms with Gasteiger partial charge in [0.15, 0.2) is 0 Å². The number of rotatable bonds is 3. The van der Waals surface area contributed by atoms with Crippen molar-refractivity contribution >= 4 is 17.4 Å². The monoisotopic (exact) mass is 326 g/mol. The third-order valence-electron chi connectivity index (χ3n) is 3.73. The number of carbonyl (C=O) groups excluding carboxylic acids is 1. The van der Waals surface area contributed by atoms with Gasteiger partial charge in [0.2, 0.25) is 18.4 Å². The Kier molecular flexibility index (Phi) is 3.68. The molecule has 2 aromatic rings. The van der Waals surface area contributed by atoms with E-state index in [9.17, 15) is 4.79 Å². The lowest BCUT2D eigenvalue weighted by Crippen LogP contribution is -2.40. The van der Waals surface area contributed by atoms with Gasteiger partial charge in [-0.15, -0.1) is 0 Å². The number of ether oxygens (including phenoxy) is 3. The zero-order valence-corrected chi connectivity index (χ0v) is 12.8. The van der Waals surface area contributed by atoms with Gasteiger partial charge in [-0.05, 0) is 36.4 Å². The average molecular weight is 326 g/mol. The summed E-state index contributed by atoms with van der Waals surface area (Å²) in [5.74, 6) is 1.37. The summed E-state index contributed by atoms with van der Waals surface area (Å²) in [7, 11) is 1.41. The lowest BCUT2D eigenvalue weighted by atomic mass is 9.96. The summed E-state index contributed by atoms with van der Waals surface area (Å²) in [6, 6.07) is 7.04. The summed E-state index contributed by atoms with van der Waals surface area (Å²) in [6.07, 6.45) is 6.55. The van der Waals surface area contributed by atoms with E-state index in [1.807, 2.05) is 6.07 Å². The Morgan fingerprint density at radius 1 is 1.12 bits per heavy atom. The molecule has 2 atom stereocenters. The van der Waals surface area contributed by atoms with Crippen LogP contribution in [0, 0.1) is 0 Å². The van der Waals surface area contributed by atoms with E-state index in [0.717, 1.165) is 0 Å². The van der Waals surface area contributed by atoms with Gasteiger partial charge in [0.25, 0.3) is 0 Å². The van der Waals surface area contributed by atoms with Gasteiger partial charge in [-0.2, -0.15) is 0 Å². The molecule has 2 aliphatic rings. The smallest absolute Gasteiger partial charge is 0.230 e. The highest BCUT2D eigenvalue weighted by molar-refractivity contribution is 6.23. The van der Waals surface area contributed by atoms with Crippen LogP contribution in [0.4, 0.5) is 0 Å². The highest BCUT2D eigenvalue weighted by Gasteiger charge is 2.40. The molecule has 0 amide bonds. The Hall–Kier alpha value is -2.83. The molecule has 2 aromatic heterocycles. The highest BCUT2D eigenvalue weighted by atomic mass is 16.8. The molecule has 4 rings (SSSR count). The number of furan rings is 2. The molecule has 0 bridgehead atoms. The molecule has 6 heteroatoms. The van der Waals surface area contributed by atoms with Gasteiger partial charge in [-0.25, -0.2) is 0 Å². The maximum absolute atomic E-state index is 12.6. The number of methoxy groups -OCH3 is 1. The minimum atomic E-state index is -1.05. The second-order valence-electron chi connectivity index (χ2n) is 5.22. The van der Waals surface area contributed by atoms with E-state index in [0.29, 0.717) is 28.4 Å². The maximum Gasteiger partial charge on any atom is 0.230 e. The van der Waals surface area contributed by atoms with Gasteiger partial charge in [-0.1, -0.05) is 0 Å². The fraction of sp³-hybridized carbons (Fsp3) is 0.167. The second kappa shape index (κ2) is 5.99. The fourth-order valence-electron chi connectivity index (χ4n) is 2.66. The average Bonchev–Trinajstić information content (AvgIpc) is 3.28. The minimum Gasteiger partial charge on any atom is -0.465 e. The van der Waals surface area contributed by atoms with Crippen LogP contribution >= 0.6 is 0 Å². The van der Waals surface area contributed by atoms with E-state index >= 15 is 0 Å². The van der Waals surface area contributed by atoms with Crippen LogP contribution in [0.25, 0.3) is 11.6 Å². The van der Waals surface area contributed by atoms with E-state index in [1.165, 1.54) is 13.4 Å². The number of Topliss-reactive ketones (excluding diaryl/α,β-unsaturated/α-hetero) is 1. The molecule has 2 aliphatic heterocycles. The van der Waals surface area contributed by atoms with Gasteiger partial charge in [-0.3, -0.25) is 4.79 Å². The second-order valence-corrected chi connectivity index (χ2v) is 5.22. The van der Waals surface area contributed by atoms with Crippen molar-refractivity contribution in [2.24, 2.45) is 0 Å². The molecule has 24 heavy (non-hydrogen) atoms. The molecule has 0 unspecified atom stereocenters. The first-order chi connectivity index (χ1) is 11.8. The van der Waals surface area contributed by atoms with Gasteiger partial charge >= 0.3 is 0 Å². The van der Waals surface area contributed by atoms with Gasteiger partial charge in [0.05, 0.1) is 18.1 Å². The van der Waals surface area contributed by atoms with E-state index < -0.39 is 12.6 Å². The summed E-state index contributed by atoms with van der Waals surface area (Å²) < 4.78 is 27.2. The predicted molar refractivity (Wildman–Crippen MR) is 83.2 cm³/mol. The van der Waals surface area contributed by atoms with Gasteiger partial charge in [0, 0.05) is 18.8 Å². The van der Waals surface area contributed by atoms with Crippen molar-refractivity contribution in [3.05, 3.63) is 71.8 Å². The number of hydrogen-bond donors (Lipinski definition) is 0. The summed E-state index contributed by atoms with van der Waals surface area (Å²) in [5, 5.41) is 0. The van der Waals surface area contributed by atoms with Crippen LogP contribution in [0.1, 0.15) is 11.5 Å². The van der Waals surface area contributed by atoms with Crippen LogP contribution in [0.3, 0.4) is 0 Å². The molecule has 0 saturated heterocycles. The van der Waals surface area contributed by atoms with Crippen LogP contribution in [0.15, 0.2) is 69.1 Å². The first-order valence-electron chi connectivity index (χ1n) is 7.37. The summed E-state index contributed by atoms with van der Waals surface area (Å²) in [4.78, 5) is 12.6. The zero-order chi connectivity index (χ0) is 16.5. The molecular weight excluding hydrogens is 312 g/mol. The molecule has 0 aliphatic carbocycles. The van der Waals surface area contributed by atoms with Crippen molar-refractivity contribution in [2.75, 3.05) is 7.11 Å². The molecule has 0 N–H and O–H groups in total. The van der Waals surface area contributed by atoms with Crippen molar-refractivity contribution < 1.29 is 27.8 Å². The van der Waals surface area contributed by atoms with Crippen molar-refractivity contribution in [1.29, 1.82) is 0 Å². The lowest BCUT2D eigenvalue weighted by molar-refractivity contribution is -0.209. The molecule has 122 valence electrons. The van der Waals surface area contributed by atoms with Crippen molar-refractivity contribution in [1.82, 2.24) is 0 Å². The van der Waals surface area contributed by atoms with Crippen molar-refractivity contribution in [3.63, 3.8) is 0 Å². The van der Waals surface area contributed by atoms with Crippen molar-refractivity contribution in [3.8, 4) is 0 Å². The van der Waals surface area contributed by atoms with Crippen LogP contribution in [0.5, 0.6) is 0 Å². The number of carbonyl (C=O) groups is 1. The Bertz CT molecular complexity index is 823. The minimum absolute atomic E-state index is 0.301. The lowest BCUT2D eigenvalue weighted by Gasteiger charge is -2.33. The summed E-state index contributed by atoms with van der Waals surface area (Å²) in [5.41, 5.74) is 0.997. The molecule has 0 saturated carbocycles. The number of ketones is 1. The predicted octanol–water partition coefficient (Wildman–Crippen LogP) is 3.15. The Labute approximate surface area is 137 Å². The van der Waals surface area contributed by atoms with Crippen molar-refractivity contribution in [2.45, 2.75) is 12.6 Å². The Morgan fingerprint density at radius 2 is 1.96 bits per heavy atom. The van der Waals surface area contributed by atoms with Crippen LogP contribution in [0.2, 0.25) is 0 Å². The molecule has 4 heterocycles. The highest BCUT2D eigenvalue weighted by Crippen LogP contribution is 2.36. The number of fused-ring (bicyclic) bond motifs is 1. The van der Waals surface area contributed by atoms with E-state index in [4.69, 9.17) is 23.0 Å². The Balaban J connectivity index is 1.77. The van der Waals surface area contributed by atoms with E-state index in [-0.39, 0.29) is 5.78 Å². The molecular formula is C18H14O6. The molecule has 0 spiro atoms. The van der Waals surface area contributed by atoms with Crippen LogP contribution in [-0.2, 0) is 19.0 Å². The standard InChI is InChI=1S/C18H14O6/c1-20-18-16(19)15(14-5-3-9-22-14)13-7-6-12(23-17(13)24-18)10-11-4-2-8-21-11/h2-10,17-18H,1H3/b12-10+/t17-,18+/m1/s1. The third kappa shape index (κ3) is 2.51. The largest absolute Gasteiger partial charge is 0.465 e. The molecule has 6 nitrogen and oxygen atoms in total. The van der Waals surface area contributed by atoms with Gasteiger partial charge in [0.1, 0.15) is 17.3 Å². The maximum atomic E-state index is 12.6. The summed E-state index contributed by atoms with van der Waals surface area (Å²) in [6.45, 7) is 0. The van der Waals surface area contributed by atoms with Crippen LogP contribution < -0.4 is 0 Å². The first kappa shape index (κ1) is 14.7. The molecule has 0 aromatic carbocycles. The topological polar surface area (TPSA) is 71.0 Å². The SMILES string of the molecule is CO[C@H]1O[C@H]2O/C(=C/c3ccco3)C=CC2=C(c2ccco2)C1=O. The summed E-state index contributed by atoms with van der Waals surface area (Å²) >= 11 is 0. The quantitative estimate of drug-likeness (QED) is 0.863. The van der Waals surface area contributed by atoms with E-state index in [2.05, 4.69) is 0 Å². The third-order valence-corrected chi connectivity index (χ3v) is 3.73. The first-order valence-corrected chi connectivity index (χ1v) is 7.37. The zero-order valence-electron chi connectivity index (χ0n) is 12.8. The fourth-order valence-corrected chi connectivity index (χ4v) is 2.66. The van der Waals surface area contributed by atoms with Gasteiger partial charge < -0.3 is 23.0 Å².